The van der Waals surface area contributed by atoms with Gasteiger partial charge >= 0.3 is 0 Å². The molecular weight excluding hydrogens is 391 g/mol. The fourth-order valence-corrected chi connectivity index (χ4v) is 4.20. The molecule has 148 valence electrons. The Bertz CT molecular complexity index is 1190. The molecule has 0 bridgehead atoms. The van der Waals surface area contributed by atoms with Gasteiger partial charge in [-0.3, -0.25) is 0 Å². The van der Waals surface area contributed by atoms with E-state index in [4.69, 9.17) is 16.6 Å². The number of rotatable bonds is 3. The number of benzene rings is 2. The number of hydrogen-bond donors (Lipinski definition) is 1. The number of aromatic nitrogens is 5. The van der Waals surface area contributed by atoms with E-state index in [1.54, 1.807) is 17.2 Å². The number of aryl methyl sites for hydroxylation is 2. The molecule has 3 heterocycles. The molecule has 8 heteroatoms. The molecule has 2 aromatic heterocycles. The van der Waals surface area contributed by atoms with Crippen molar-refractivity contribution < 1.29 is 4.39 Å². The maximum atomic E-state index is 14.6. The van der Waals surface area contributed by atoms with E-state index in [9.17, 15) is 4.39 Å². The molecule has 6 nitrogen and oxygen atoms in total. The van der Waals surface area contributed by atoms with Crippen molar-refractivity contribution in [3.63, 3.8) is 0 Å². The number of imidazole rings is 1. The quantitative estimate of drug-likeness (QED) is 0.531. The first-order valence-corrected chi connectivity index (χ1v) is 9.92. The van der Waals surface area contributed by atoms with Crippen molar-refractivity contribution in [2.75, 3.05) is 11.4 Å². The largest absolute Gasteiger partial charge is 0.357 e. The normalized spacial score (nSPS) is 19.4. The minimum atomic E-state index is -0.947. The summed E-state index contributed by atoms with van der Waals surface area (Å²) in [7, 11) is 0. The molecule has 1 aliphatic heterocycles. The van der Waals surface area contributed by atoms with Crippen LogP contribution in [-0.2, 0) is 0 Å². The van der Waals surface area contributed by atoms with E-state index in [0.29, 0.717) is 18.0 Å². The van der Waals surface area contributed by atoms with Crippen LogP contribution in [0.2, 0.25) is 5.02 Å². The number of nitrogens with one attached hydrogen (secondary N) is 1. The summed E-state index contributed by atoms with van der Waals surface area (Å²) in [6, 6.07) is 9.58. The summed E-state index contributed by atoms with van der Waals surface area (Å²) in [6.07, 6.45) is 2.69. The molecule has 2 atom stereocenters. The number of anilines is 1. The van der Waals surface area contributed by atoms with Gasteiger partial charge < -0.3 is 9.88 Å². The van der Waals surface area contributed by atoms with E-state index in [0.717, 1.165) is 39.4 Å². The fourth-order valence-electron chi connectivity index (χ4n) is 4.05. The van der Waals surface area contributed by atoms with Crippen molar-refractivity contribution in [3.05, 3.63) is 64.7 Å². The average Bonchev–Trinajstić information content (AvgIpc) is 3.44. The first-order valence-electron chi connectivity index (χ1n) is 9.54. The van der Waals surface area contributed by atoms with Gasteiger partial charge in [-0.2, -0.15) is 10.2 Å². The fraction of sp³-hybridized carbons (Fsp3) is 0.286. The summed E-state index contributed by atoms with van der Waals surface area (Å²) in [5.41, 5.74) is 5.45. The lowest BCUT2D eigenvalue weighted by Crippen LogP contribution is -2.26. The smallest absolute Gasteiger partial charge is 0.130 e. The van der Waals surface area contributed by atoms with E-state index in [1.165, 1.54) is 0 Å². The third kappa shape index (κ3) is 3.06. The monoisotopic (exact) mass is 410 g/mol. The number of aromatic amines is 1. The second-order valence-corrected chi connectivity index (χ2v) is 7.91. The third-order valence-electron chi connectivity index (χ3n) is 5.50. The number of hydrogen-bond acceptors (Lipinski definition) is 4. The summed E-state index contributed by atoms with van der Waals surface area (Å²) in [4.78, 5) is 11.8. The zero-order valence-electron chi connectivity index (χ0n) is 16.1. The minimum absolute atomic E-state index is 0.216. The molecular formula is C21H20ClFN6. The summed E-state index contributed by atoms with van der Waals surface area (Å²) < 4.78 is 14.6. The maximum Gasteiger partial charge on any atom is 0.130 e. The molecule has 5 rings (SSSR count). The molecule has 0 saturated carbocycles. The first-order chi connectivity index (χ1) is 14.0. The van der Waals surface area contributed by atoms with Crippen molar-refractivity contribution in [3.8, 4) is 5.69 Å². The SMILES string of the molecule is Cc1ccc(-n2nccn2)c(N2C[C@H](F)C[C@H]2c2nc3c(C)c(Cl)ccc3[nH]2)c1. The maximum absolute atomic E-state index is 14.6. The van der Waals surface area contributed by atoms with E-state index < -0.39 is 6.17 Å². The molecule has 0 unspecified atom stereocenters. The van der Waals surface area contributed by atoms with Gasteiger partial charge in [-0.1, -0.05) is 17.7 Å². The third-order valence-corrected chi connectivity index (χ3v) is 5.91. The first kappa shape index (κ1) is 18.1. The highest BCUT2D eigenvalue weighted by molar-refractivity contribution is 6.32. The Labute approximate surface area is 172 Å². The van der Waals surface area contributed by atoms with Crippen LogP contribution in [0.4, 0.5) is 10.1 Å². The Hall–Kier alpha value is -2.93. The second kappa shape index (κ2) is 6.84. The Balaban J connectivity index is 1.63. The van der Waals surface area contributed by atoms with Gasteiger partial charge in [0, 0.05) is 11.4 Å². The molecule has 0 amide bonds. The Morgan fingerprint density at radius 1 is 1.10 bits per heavy atom. The molecule has 1 saturated heterocycles. The Kier molecular flexibility index (Phi) is 4.28. The van der Waals surface area contributed by atoms with E-state index >= 15 is 0 Å². The van der Waals surface area contributed by atoms with Gasteiger partial charge in [0.2, 0.25) is 0 Å². The number of fused-ring (bicyclic) bond motifs is 1. The summed E-state index contributed by atoms with van der Waals surface area (Å²) in [5.74, 6) is 0.742. The van der Waals surface area contributed by atoms with Crippen molar-refractivity contribution in [1.29, 1.82) is 0 Å². The van der Waals surface area contributed by atoms with Crippen LogP contribution in [0.25, 0.3) is 16.7 Å². The predicted molar refractivity (Wildman–Crippen MR) is 112 cm³/mol. The summed E-state index contributed by atoms with van der Waals surface area (Å²) in [5, 5.41) is 9.21. The molecule has 1 aliphatic rings. The second-order valence-electron chi connectivity index (χ2n) is 7.50. The van der Waals surface area contributed by atoms with Crippen molar-refractivity contribution >= 4 is 28.3 Å². The number of nitrogens with zero attached hydrogens (tertiary/aromatic N) is 5. The highest BCUT2D eigenvalue weighted by Crippen LogP contribution is 2.40. The predicted octanol–water partition coefficient (Wildman–Crippen LogP) is 4.70. The molecule has 4 aromatic rings. The van der Waals surface area contributed by atoms with Gasteiger partial charge in [0.15, 0.2) is 0 Å². The molecule has 0 aliphatic carbocycles. The van der Waals surface area contributed by atoms with Crippen molar-refractivity contribution in [1.82, 2.24) is 25.0 Å². The average molecular weight is 411 g/mol. The van der Waals surface area contributed by atoms with E-state index in [2.05, 4.69) is 26.1 Å². The zero-order chi connectivity index (χ0) is 20.1. The Morgan fingerprint density at radius 2 is 1.90 bits per heavy atom. The van der Waals surface area contributed by atoms with Crippen LogP contribution in [0.1, 0.15) is 29.4 Å². The molecule has 29 heavy (non-hydrogen) atoms. The van der Waals surface area contributed by atoms with Gasteiger partial charge in [0.25, 0.3) is 0 Å². The molecule has 2 aromatic carbocycles. The molecule has 1 N–H and O–H groups in total. The van der Waals surface area contributed by atoms with Gasteiger partial charge in [-0.05, 0) is 49.2 Å². The van der Waals surface area contributed by atoms with Gasteiger partial charge in [0.1, 0.15) is 17.7 Å². The van der Waals surface area contributed by atoms with Crippen LogP contribution in [0, 0.1) is 13.8 Å². The van der Waals surface area contributed by atoms with Gasteiger partial charge in [-0.25, -0.2) is 9.37 Å². The van der Waals surface area contributed by atoms with Crippen LogP contribution >= 0.6 is 11.6 Å². The topological polar surface area (TPSA) is 62.6 Å². The standard InChI is InChI=1S/C21H20ClFN6/c1-12-3-6-17(29-24-7-8-25-29)18(9-12)28-11-14(23)10-19(28)21-26-16-5-4-15(22)13(2)20(16)27-21/h3-9,14,19H,10-11H2,1-2H3,(H,26,27)/t14-,19+/m1/s1. The zero-order valence-corrected chi connectivity index (χ0v) is 16.9. The number of H-pyrrole nitrogens is 1. The van der Waals surface area contributed by atoms with Crippen LogP contribution in [0.5, 0.6) is 0 Å². The van der Waals surface area contributed by atoms with Crippen LogP contribution in [-0.4, -0.2) is 37.7 Å². The highest BCUT2D eigenvalue weighted by atomic mass is 35.5. The van der Waals surface area contributed by atoms with Gasteiger partial charge in [-0.15, -0.1) is 4.80 Å². The lowest BCUT2D eigenvalue weighted by Gasteiger charge is -2.27. The Morgan fingerprint density at radius 3 is 2.69 bits per heavy atom. The van der Waals surface area contributed by atoms with Crippen molar-refractivity contribution in [2.24, 2.45) is 0 Å². The summed E-state index contributed by atoms with van der Waals surface area (Å²) >= 11 is 6.26. The molecule has 1 fully saturated rings. The van der Waals surface area contributed by atoms with Crippen LogP contribution in [0.15, 0.2) is 42.7 Å². The molecule has 0 spiro atoms. The van der Waals surface area contributed by atoms with Crippen molar-refractivity contribution in [2.45, 2.75) is 32.5 Å². The summed E-state index contributed by atoms with van der Waals surface area (Å²) in [6.45, 7) is 4.26. The van der Waals surface area contributed by atoms with E-state index in [1.807, 2.05) is 38.1 Å². The minimum Gasteiger partial charge on any atom is -0.357 e. The van der Waals surface area contributed by atoms with E-state index in [-0.39, 0.29) is 6.04 Å². The highest BCUT2D eigenvalue weighted by Gasteiger charge is 2.37. The number of halogens is 2. The van der Waals surface area contributed by atoms with Gasteiger partial charge in [0.05, 0.1) is 41.7 Å². The molecule has 0 radical (unpaired) electrons. The lowest BCUT2D eigenvalue weighted by molar-refractivity contribution is 0.355. The van der Waals surface area contributed by atoms with Crippen LogP contribution < -0.4 is 4.90 Å². The van der Waals surface area contributed by atoms with Crippen LogP contribution in [0.3, 0.4) is 0 Å². The lowest BCUT2D eigenvalue weighted by atomic mass is 10.1. The number of alkyl halides is 1.